The lowest BCUT2D eigenvalue weighted by atomic mass is 10.1. The van der Waals surface area contributed by atoms with E-state index in [2.05, 4.69) is 5.32 Å². The monoisotopic (exact) mass is 280 g/mol. The van der Waals surface area contributed by atoms with Gasteiger partial charge in [0, 0.05) is 19.6 Å². The average molecular weight is 280 g/mol. The highest BCUT2D eigenvalue weighted by Gasteiger charge is 2.26. The Kier molecular flexibility index (Phi) is 3.60. The maximum absolute atomic E-state index is 12.6. The van der Waals surface area contributed by atoms with Gasteiger partial charge >= 0.3 is 0 Å². The summed E-state index contributed by atoms with van der Waals surface area (Å²) in [7, 11) is -3.31. The van der Waals surface area contributed by atoms with Crippen molar-refractivity contribution in [1.29, 1.82) is 0 Å². The van der Waals surface area contributed by atoms with Crippen LogP contribution in [0.25, 0.3) is 0 Å². The third-order valence-electron chi connectivity index (χ3n) is 4.01. The van der Waals surface area contributed by atoms with E-state index in [4.69, 9.17) is 0 Å². The minimum Gasteiger partial charge on any atom is -0.315 e. The van der Waals surface area contributed by atoms with Gasteiger partial charge in [0.15, 0.2) is 0 Å². The van der Waals surface area contributed by atoms with Gasteiger partial charge < -0.3 is 5.32 Å². The summed E-state index contributed by atoms with van der Waals surface area (Å²) in [5, 5.41) is 3.24. The van der Waals surface area contributed by atoms with Crippen molar-refractivity contribution in [3.63, 3.8) is 0 Å². The zero-order valence-electron chi connectivity index (χ0n) is 11.1. The molecule has 1 aromatic rings. The first-order valence-electron chi connectivity index (χ1n) is 7.00. The molecule has 1 N–H and O–H groups in total. The molecule has 0 aromatic heterocycles. The van der Waals surface area contributed by atoms with Crippen LogP contribution in [0.2, 0.25) is 0 Å². The number of nitrogens with one attached hydrogen (secondary N) is 1. The van der Waals surface area contributed by atoms with Gasteiger partial charge in [-0.1, -0.05) is 6.07 Å². The van der Waals surface area contributed by atoms with Gasteiger partial charge in [-0.25, -0.2) is 8.42 Å². The van der Waals surface area contributed by atoms with Gasteiger partial charge in [0.1, 0.15) is 0 Å². The molecular weight excluding hydrogens is 260 g/mol. The molecule has 1 aliphatic heterocycles. The van der Waals surface area contributed by atoms with Crippen molar-refractivity contribution in [2.75, 3.05) is 26.2 Å². The van der Waals surface area contributed by atoms with E-state index in [-0.39, 0.29) is 0 Å². The van der Waals surface area contributed by atoms with E-state index in [9.17, 15) is 8.42 Å². The van der Waals surface area contributed by atoms with Gasteiger partial charge in [-0.3, -0.25) is 0 Å². The molecule has 3 rings (SSSR count). The molecule has 1 heterocycles. The third-order valence-corrected chi connectivity index (χ3v) is 5.90. The van der Waals surface area contributed by atoms with Crippen LogP contribution in [0.5, 0.6) is 0 Å². The van der Waals surface area contributed by atoms with Crippen molar-refractivity contribution in [3.05, 3.63) is 29.3 Å². The molecule has 1 fully saturated rings. The Morgan fingerprint density at radius 3 is 2.74 bits per heavy atom. The number of sulfonamides is 1. The van der Waals surface area contributed by atoms with E-state index in [0.29, 0.717) is 18.0 Å². The lowest BCUT2D eigenvalue weighted by Gasteiger charge is -2.20. The van der Waals surface area contributed by atoms with Gasteiger partial charge in [-0.15, -0.1) is 0 Å². The van der Waals surface area contributed by atoms with Gasteiger partial charge in [-0.2, -0.15) is 4.31 Å². The maximum atomic E-state index is 12.6. The Balaban J connectivity index is 1.90. The molecule has 5 heteroatoms. The lowest BCUT2D eigenvalue weighted by Crippen LogP contribution is -2.34. The third kappa shape index (κ3) is 2.55. The van der Waals surface area contributed by atoms with Gasteiger partial charge in [0.2, 0.25) is 10.0 Å². The summed E-state index contributed by atoms with van der Waals surface area (Å²) in [6, 6.07) is 5.65. The normalized spacial score (nSPS) is 21.1. The molecule has 104 valence electrons. The second-order valence-electron chi connectivity index (χ2n) is 5.29. The quantitative estimate of drug-likeness (QED) is 0.884. The van der Waals surface area contributed by atoms with Crippen molar-refractivity contribution in [2.45, 2.75) is 30.6 Å². The average Bonchev–Trinajstić information content (AvgIpc) is 2.69. The zero-order chi connectivity index (χ0) is 13.3. The highest BCUT2D eigenvalue weighted by atomic mass is 32.2. The predicted molar refractivity (Wildman–Crippen MR) is 74.7 cm³/mol. The molecule has 2 aliphatic rings. The van der Waals surface area contributed by atoms with E-state index in [1.807, 2.05) is 12.1 Å². The SMILES string of the molecule is O=S(=O)(c1ccc2c(c1)CCC2)N1CCCNCC1. The summed E-state index contributed by atoms with van der Waals surface area (Å²) in [5.41, 5.74) is 2.53. The summed E-state index contributed by atoms with van der Waals surface area (Å²) >= 11 is 0. The summed E-state index contributed by atoms with van der Waals surface area (Å²) in [6.07, 6.45) is 4.13. The Morgan fingerprint density at radius 2 is 1.84 bits per heavy atom. The van der Waals surface area contributed by atoms with E-state index in [1.54, 1.807) is 10.4 Å². The highest BCUT2D eigenvalue weighted by molar-refractivity contribution is 7.89. The number of benzene rings is 1. The Morgan fingerprint density at radius 1 is 1.00 bits per heavy atom. The number of hydrogen-bond donors (Lipinski definition) is 1. The van der Waals surface area contributed by atoms with E-state index in [0.717, 1.165) is 38.8 Å². The molecule has 1 saturated heterocycles. The second-order valence-corrected chi connectivity index (χ2v) is 7.23. The Labute approximate surface area is 114 Å². The van der Waals surface area contributed by atoms with Crippen molar-refractivity contribution < 1.29 is 8.42 Å². The number of rotatable bonds is 2. The van der Waals surface area contributed by atoms with Gasteiger partial charge in [-0.05, 0) is 55.5 Å². The van der Waals surface area contributed by atoms with Gasteiger partial charge in [0.05, 0.1) is 4.90 Å². The number of nitrogens with zero attached hydrogens (tertiary/aromatic N) is 1. The molecule has 0 radical (unpaired) electrons. The fraction of sp³-hybridized carbons (Fsp3) is 0.571. The van der Waals surface area contributed by atoms with E-state index < -0.39 is 10.0 Å². The Hall–Kier alpha value is -0.910. The first-order valence-corrected chi connectivity index (χ1v) is 8.44. The van der Waals surface area contributed by atoms with Crippen LogP contribution in [0.3, 0.4) is 0 Å². The zero-order valence-corrected chi connectivity index (χ0v) is 11.9. The summed E-state index contributed by atoms with van der Waals surface area (Å²) in [4.78, 5) is 0.468. The number of aryl methyl sites for hydroxylation is 2. The van der Waals surface area contributed by atoms with Crippen LogP contribution < -0.4 is 5.32 Å². The number of hydrogen-bond acceptors (Lipinski definition) is 3. The largest absolute Gasteiger partial charge is 0.315 e. The topological polar surface area (TPSA) is 49.4 Å². The van der Waals surface area contributed by atoms with Crippen molar-refractivity contribution in [2.24, 2.45) is 0 Å². The first kappa shape index (κ1) is 13.1. The molecule has 1 aliphatic carbocycles. The molecule has 0 atom stereocenters. The van der Waals surface area contributed by atoms with Crippen molar-refractivity contribution in [3.8, 4) is 0 Å². The summed E-state index contributed by atoms with van der Waals surface area (Å²) in [5.74, 6) is 0. The van der Waals surface area contributed by atoms with E-state index >= 15 is 0 Å². The molecule has 19 heavy (non-hydrogen) atoms. The fourth-order valence-corrected chi connectivity index (χ4v) is 4.45. The first-order chi connectivity index (χ1) is 9.18. The molecule has 1 aromatic carbocycles. The lowest BCUT2D eigenvalue weighted by molar-refractivity contribution is 0.432. The molecule has 0 bridgehead atoms. The van der Waals surface area contributed by atoms with Crippen molar-refractivity contribution in [1.82, 2.24) is 9.62 Å². The van der Waals surface area contributed by atoms with E-state index in [1.165, 1.54) is 11.1 Å². The van der Waals surface area contributed by atoms with Crippen molar-refractivity contribution >= 4 is 10.0 Å². The van der Waals surface area contributed by atoms with Crippen LogP contribution in [0.4, 0.5) is 0 Å². The molecule has 0 unspecified atom stereocenters. The molecular formula is C14H20N2O2S. The molecule has 0 saturated carbocycles. The molecule has 0 amide bonds. The summed E-state index contributed by atoms with van der Waals surface area (Å²) in [6.45, 7) is 2.83. The van der Waals surface area contributed by atoms with Crippen LogP contribution in [-0.2, 0) is 22.9 Å². The number of fused-ring (bicyclic) bond motifs is 1. The van der Waals surface area contributed by atoms with Crippen LogP contribution in [0.15, 0.2) is 23.1 Å². The Bertz CT molecular complexity index is 561. The molecule has 0 spiro atoms. The second kappa shape index (κ2) is 5.23. The van der Waals surface area contributed by atoms with Crippen LogP contribution >= 0.6 is 0 Å². The van der Waals surface area contributed by atoms with Gasteiger partial charge in [0.25, 0.3) is 0 Å². The smallest absolute Gasteiger partial charge is 0.243 e. The standard InChI is InChI=1S/C14H20N2O2S/c17-19(18,16-9-2-7-15-8-10-16)14-6-5-12-3-1-4-13(12)11-14/h5-6,11,15H,1-4,7-10H2. The minimum absolute atomic E-state index is 0.468. The summed E-state index contributed by atoms with van der Waals surface area (Å²) < 4.78 is 26.9. The maximum Gasteiger partial charge on any atom is 0.243 e. The predicted octanol–water partition coefficient (Wildman–Crippen LogP) is 1.16. The van der Waals surface area contributed by atoms with Crippen LogP contribution in [0, 0.1) is 0 Å². The van der Waals surface area contributed by atoms with Crippen LogP contribution in [-0.4, -0.2) is 38.9 Å². The highest BCUT2D eigenvalue weighted by Crippen LogP contribution is 2.26. The van der Waals surface area contributed by atoms with Crippen LogP contribution in [0.1, 0.15) is 24.0 Å². The minimum atomic E-state index is -3.31. The molecule has 4 nitrogen and oxygen atoms in total. The fourth-order valence-electron chi connectivity index (χ4n) is 2.92.